The van der Waals surface area contributed by atoms with Gasteiger partial charge < -0.3 is 14.8 Å². The van der Waals surface area contributed by atoms with E-state index >= 15 is 0 Å². The second-order valence-electron chi connectivity index (χ2n) is 7.60. The van der Waals surface area contributed by atoms with Crippen LogP contribution in [0.4, 0.5) is 4.39 Å². The number of amides is 2. The van der Waals surface area contributed by atoms with Crippen molar-refractivity contribution in [2.75, 3.05) is 26.2 Å². The van der Waals surface area contributed by atoms with Crippen LogP contribution in [-0.4, -0.2) is 57.3 Å². The Morgan fingerprint density at radius 3 is 2.39 bits per heavy atom. The molecular weight excluding hydrogens is 467 g/mol. The predicted octanol–water partition coefficient (Wildman–Crippen LogP) is 3.64. The van der Waals surface area contributed by atoms with Gasteiger partial charge in [-0.05, 0) is 48.6 Å². The van der Waals surface area contributed by atoms with E-state index in [0.29, 0.717) is 42.6 Å². The molecule has 1 aliphatic rings. The van der Waals surface area contributed by atoms with Gasteiger partial charge in [-0.1, -0.05) is 17.7 Å². The van der Waals surface area contributed by atoms with E-state index < -0.39 is 5.82 Å². The van der Waals surface area contributed by atoms with Crippen molar-refractivity contribution in [3.63, 3.8) is 0 Å². The molecule has 1 saturated heterocycles. The summed E-state index contributed by atoms with van der Waals surface area (Å²) in [7, 11) is 0. The van der Waals surface area contributed by atoms with Crippen LogP contribution in [-0.2, 0) is 6.54 Å². The molecule has 33 heavy (non-hydrogen) atoms. The average molecular weight is 487 g/mol. The molecule has 2 heterocycles. The number of H-pyrrole nitrogens is 1. The lowest BCUT2D eigenvalue weighted by atomic mass is 10.1. The van der Waals surface area contributed by atoms with Crippen LogP contribution >= 0.6 is 23.8 Å². The summed E-state index contributed by atoms with van der Waals surface area (Å²) in [6, 6.07) is 8.48. The van der Waals surface area contributed by atoms with E-state index in [9.17, 15) is 18.8 Å². The molecule has 170 valence electrons. The molecule has 1 aromatic heterocycles. The fraction of sp³-hybridized carbons (Fsp3) is 0.217. The Bertz CT molecular complexity index is 1390. The smallest absolute Gasteiger partial charge is 0.262 e. The first kappa shape index (κ1) is 22.9. The fourth-order valence-corrected chi connectivity index (χ4v) is 4.33. The van der Waals surface area contributed by atoms with Crippen LogP contribution in [0, 0.1) is 10.6 Å². The minimum atomic E-state index is -0.512. The predicted molar refractivity (Wildman–Crippen MR) is 127 cm³/mol. The lowest BCUT2D eigenvalue weighted by Crippen LogP contribution is -2.50. The standard InChI is InChI=1S/C23H20ClFN4O3S/c1-2-7-29-22(32)17-5-3-14(12-19(17)26-23(29)33)20(30)27-8-10-28(11-9-27)21(31)16-6-4-15(25)13-18(16)24/h2-6,12-13H,1,7-11H2,(H,26,33). The van der Waals surface area contributed by atoms with Crippen molar-refractivity contribution in [2.45, 2.75) is 6.54 Å². The van der Waals surface area contributed by atoms with Crippen LogP contribution in [0.15, 0.2) is 53.8 Å². The number of piperazine rings is 1. The zero-order valence-corrected chi connectivity index (χ0v) is 19.1. The number of carbonyl (C=O) groups excluding carboxylic acids is 2. The molecule has 2 aromatic carbocycles. The van der Waals surface area contributed by atoms with Gasteiger partial charge in [-0.3, -0.25) is 19.0 Å². The van der Waals surface area contributed by atoms with Gasteiger partial charge in [-0.15, -0.1) is 6.58 Å². The normalized spacial score (nSPS) is 13.9. The van der Waals surface area contributed by atoms with Crippen molar-refractivity contribution >= 4 is 46.5 Å². The third-order valence-electron chi connectivity index (χ3n) is 5.56. The summed E-state index contributed by atoms with van der Waals surface area (Å²) >= 11 is 11.3. The number of nitrogens with one attached hydrogen (secondary N) is 1. The van der Waals surface area contributed by atoms with E-state index in [-0.39, 0.29) is 39.3 Å². The number of fused-ring (bicyclic) bond motifs is 1. The molecule has 0 unspecified atom stereocenters. The molecule has 0 saturated carbocycles. The number of rotatable bonds is 4. The number of allylic oxidation sites excluding steroid dienone is 1. The molecule has 7 nitrogen and oxygen atoms in total. The molecule has 4 rings (SSSR count). The van der Waals surface area contributed by atoms with Crippen molar-refractivity contribution in [2.24, 2.45) is 0 Å². The summed E-state index contributed by atoms with van der Waals surface area (Å²) in [4.78, 5) is 44.6. The molecule has 0 radical (unpaired) electrons. The van der Waals surface area contributed by atoms with Gasteiger partial charge in [-0.2, -0.15) is 0 Å². The Kier molecular flexibility index (Phi) is 6.44. The van der Waals surface area contributed by atoms with Crippen LogP contribution in [0.25, 0.3) is 10.9 Å². The van der Waals surface area contributed by atoms with E-state index in [1.54, 1.807) is 34.1 Å². The van der Waals surface area contributed by atoms with E-state index in [0.717, 1.165) is 6.07 Å². The second kappa shape index (κ2) is 9.29. The third kappa shape index (κ3) is 4.46. The summed E-state index contributed by atoms with van der Waals surface area (Å²) in [5.74, 6) is -1.03. The number of hydrogen-bond donors (Lipinski definition) is 1. The van der Waals surface area contributed by atoms with Crippen LogP contribution in [0.1, 0.15) is 20.7 Å². The maximum absolute atomic E-state index is 13.3. The topological polar surface area (TPSA) is 78.4 Å². The maximum atomic E-state index is 13.3. The Morgan fingerprint density at radius 2 is 1.76 bits per heavy atom. The summed E-state index contributed by atoms with van der Waals surface area (Å²) in [5.41, 5.74) is 0.871. The number of nitrogens with zero attached hydrogens (tertiary/aromatic N) is 3. The molecule has 1 N–H and O–H groups in total. The molecule has 3 aromatic rings. The van der Waals surface area contributed by atoms with Gasteiger partial charge in [0.1, 0.15) is 5.82 Å². The van der Waals surface area contributed by atoms with Crippen molar-refractivity contribution in [1.29, 1.82) is 0 Å². The number of carbonyl (C=O) groups is 2. The van der Waals surface area contributed by atoms with Crippen LogP contribution in [0.5, 0.6) is 0 Å². The largest absolute Gasteiger partial charge is 0.335 e. The first-order chi connectivity index (χ1) is 15.8. The van der Waals surface area contributed by atoms with Gasteiger partial charge in [-0.25, -0.2) is 4.39 Å². The lowest BCUT2D eigenvalue weighted by molar-refractivity contribution is 0.0535. The maximum Gasteiger partial charge on any atom is 0.262 e. The first-order valence-corrected chi connectivity index (χ1v) is 11.0. The zero-order valence-electron chi connectivity index (χ0n) is 17.5. The second-order valence-corrected chi connectivity index (χ2v) is 8.40. The quantitative estimate of drug-likeness (QED) is 0.451. The lowest BCUT2D eigenvalue weighted by Gasteiger charge is -2.35. The number of hydrogen-bond acceptors (Lipinski definition) is 4. The average Bonchev–Trinajstić information content (AvgIpc) is 2.80. The Hall–Kier alpha value is -3.30. The molecule has 1 aliphatic heterocycles. The highest BCUT2D eigenvalue weighted by atomic mass is 35.5. The SMILES string of the molecule is C=CCn1c(=S)[nH]c2cc(C(=O)N3CCN(C(=O)c4ccc(F)cc4Cl)CC3)ccc2c1=O. The van der Waals surface area contributed by atoms with Crippen LogP contribution in [0.2, 0.25) is 5.02 Å². The minimum absolute atomic E-state index is 0.0548. The number of halogens is 2. The zero-order chi connectivity index (χ0) is 23.7. The highest BCUT2D eigenvalue weighted by Crippen LogP contribution is 2.20. The highest BCUT2D eigenvalue weighted by Gasteiger charge is 2.27. The molecule has 0 aliphatic carbocycles. The summed E-state index contributed by atoms with van der Waals surface area (Å²) in [6.45, 7) is 5.22. The highest BCUT2D eigenvalue weighted by molar-refractivity contribution is 7.71. The summed E-state index contributed by atoms with van der Waals surface area (Å²) < 4.78 is 14.9. The van der Waals surface area contributed by atoms with Crippen molar-refractivity contribution in [3.8, 4) is 0 Å². The van der Waals surface area contributed by atoms with E-state index in [1.165, 1.54) is 16.7 Å². The molecule has 2 amide bonds. The van der Waals surface area contributed by atoms with Gasteiger partial charge >= 0.3 is 0 Å². The monoisotopic (exact) mass is 486 g/mol. The van der Waals surface area contributed by atoms with Crippen molar-refractivity contribution in [1.82, 2.24) is 19.4 Å². The summed E-state index contributed by atoms with van der Waals surface area (Å²) in [6.07, 6.45) is 1.59. The van der Waals surface area contributed by atoms with Gasteiger partial charge in [0.25, 0.3) is 17.4 Å². The molecule has 0 atom stereocenters. The van der Waals surface area contributed by atoms with Gasteiger partial charge in [0.05, 0.1) is 21.5 Å². The minimum Gasteiger partial charge on any atom is -0.335 e. The first-order valence-electron chi connectivity index (χ1n) is 10.2. The number of aromatic nitrogens is 2. The van der Waals surface area contributed by atoms with E-state index in [1.807, 2.05) is 0 Å². The van der Waals surface area contributed by atoms with Gasteiger partial charge in [0.2, 0.25) is 0 Å². The molecule has 10 heteroatoms. The fourth-order valence-electron chi connectivity index (χ4n) is 3.81. The molecule has 0 spiro atoms. The molecule has 1 fully saturated rings. The van der Waals surface area contributed by atoms with Gasteiger partial charge in [0.15, 0.2) is 4.77 Å². The van der Waals surface area contributed by atoms with Crippen LogP contribution < -0.4 is 5.56 Å². The van der Waals surface area contributed by atoms with Gasteiger partial charge in [0, 0.05) is 38.3 Å². The van der Waals surface area contributed by atoms with Crippen molar-refractivity contribution < 1.29 is 14.0 Å². The third-order valence-corrected chi connectivity index (χ3v) is 6.19. The van der Waals surface area contributed by atoms with E-state index in [2.05, 4.69) is 11.6 Å². The Labute approximate surface area is 198 Å². The molecule has 0 bridgehead atoms. The van der Waals surface area contributed by atoms with Crippen LogP contribution in [0.3, 0.4) is 0 Å². The van der Waals surface area contributed by atoms with Crippen molar-refractivity contribution in [3.05, 3.63) is 86.1 Å². The Morgan fingerprint density at radius 1 is 1.09 bits per heavy atom. The Balaban J connectivity index is 1.50. The summed E-state index contributed by atoms with van der Waals surface area (Å²) in [5, 5.41) is 0.479. The number of benzene rings is 2. The molecular formula is C23H20ClFN4O3S. The number of aromatic amines is 1. The van der Waals surface area contributed by atoms with E-state index in [4.69, 9.17) is 23.8 Å².